The van der Waals surface area contributed by atoms with Crippen molar-refractivity contribution in [1.82, 2.24) is 19.7 Å². The second-order valence-electron chi connectivity index (χ2n) is 7.60. The van der Waals surface area contributed by atoms with Crippen molar-refractivity contribution in [1.29, 1.82) is 0 Å². The van der Waals surface area contributed by atoms with E-state index in [9.17, 15) is 4.79 Å². The molecule has 0 aliphatic carbocycles. The summed E-state index contributed by atoms with van der Waals surface area (Å²) in [5.41, 5.74) is 3.58. The maximum atomic E-state index is 12.6. The fourth-order valence-corrected chi connectivity index (χ4v) is 4.18. The zero-order valence-corrected chi connectivity index (χ0v) is 20.0. The molecule has 1 amide bonds. The summed E-state index contributed by atoms with van der Waals surface area (Å²) in [6, 6.07) is 21.0. The lowest BCUT2D eigenvalue weighted by Crippen LogP contribution is -2.14. The fraction of sp³-hybridized carbons (Fsp3) is 0.200. The Morgan fingerprint density at radius 3 is 2.48 bits per heavy atom. The van der Waals surface area contributed by atoms with Crippen LogP contribution in [0.3, 0.4) is 0 Å². The van der Waals surface area contributed by atoms with Crippen LogP contribution in [-0.2, 0) is 4.79 Å². The molecule has 0 spiro atoms. The van der Waals surface area contributed by atoms with E-state index >= 15 is 0 Å². The molecule has 168 valence electrons. The van der Waals surface area contributed by atoms with Crippen molar-refractivity contribution in [2.45, 2.75) is 31.3 Å². The van der Waals surface area contributed by atoms with Gasteiger partial charge in [0.15, 0.2) is 11.0 Å². The summed E-state index contributed by atoms with van der Waals surface area (Å²) < 4.78 is 1.89. The van der Waals surface area contributed by atoms with Crippen molar-refractivity contribution in [3.8, 4) is 17.2 Å². The Bertz CT molecular complexity index is 1210. The zero-order chi connectivity index (χ0) is 23.2. The average molecular weight is 478 g/mol. The van der Waals surface area contributed by atoms with Crippen LogP contribution in [0.4, 0.5) is 5.69 Å². The molecule has 33 heavy (non-hydrogen) atoms. The summed E-state index contributed by atoms with van der Waals surface area (Å²) in [7, 11) is 0. The van der Waals surface area contributed by atoms with Gasteiger partial charge < -0.3 is 5.32 Å². The molecule has 2 aromatic heterocycles. The van der Waals surface area contributed by atoms with Crippen LogP contribution in [0.25, 0.3) is 17.2 Å². The lowest BCUT2D eigenvalue weighted by Gasteiger charge is -2.11. The number of carbonyl (C=O) groups is 1. The van der Waals surface area contributed by atoms with Crippen molar-refractivity contribution in [3.63, 3.8) is 0 Å². The number of amides is 1. The van der Waals surface area contributed by atoms with Gasteiger partial charge in [-0.25, -0.2) is 0 Å². The van der Waals surface area contributed by atoms with Gasteiger partial charge in [-0.05, 0) is 66.4 Å². The lowest BCUT2D eigenvalue weighted by atomic mass is 9.99. The zero-order valence-electron chi connectivity index (χ0n) is 18.4. The van der Waals surface area contributed by atoms with Crippen molar-refractivity contribution in [3.05, 3.63) is 83.5 Å². The van der Waals surface area contributed by atoms with Gasteiger partial charge >= 0.3 is 0 Å². The largest absolute Gasteiger partial charge is 0.325 e. The number of benzene rings is 2. The molecule has 1 N–H and O–H groups in total. The predicted molar refractivity (Wildman–Crippen MR) is 134 cm³/mol. The SMILES string of the molecule is CC[C@H](C)c1ccc(NC(=O)CSc2nnc(-c3ccccn3)n2-c2ccc(Cl)cc2)cc1. The van der Waals surface area contributed by atoms with Gasteiger partial charge in [0.2, 0.25) is 5.91 Å². The quantitative estimate of drug-likeness (QED) is 0.304. The number of thioether (sulfide) groups is 1. The highest BCUT2D eigenvalue weighted by Gasteiger charge is 2.18. The Balaban J connectivity index is 1.51. The summed E-state index contributed by atoms with van der Waals surface area (Å²) in [5.74, 6) is 1.18. The first kappa shape index (κ1) is 23.0. The summed E-state index contributed by atoms with van der Waals surface area (Å²) in [4.78, 5) is 17.0. The van der Waals surface area contributed by atoms with Gasteiger partial charge in [0.05, 0.1) is 5.75 Å². The van der Waals surface area contributed by atoms with Crippen LogP contribution >= 0.6 is 23.4 Å². The number of pyridine rings is 1. The number of hydrogen-bond donors (Lipinski definition) is 1. The Morgan fingerprint density at radius 1 is 1.06 bits per heavy atom. The molecular formula is C25H24ClN5OS. The Morgan fingerprint density at radius 2 is 1.82 bits per heavy atom. The predicted octanol–water partition coefficient (Wildman–Crippen LogP) is 6.23. The molecule has 0 aliphatic rings. The molecule has 0 bridgehead atoms. The average Bonchev–Trinajstić information content (AvgIpc) is 3.28. The fourth-order valence-electron chi connectivity index (χ4n) is 3.31. The van der Waals surface area contributed by atoms with E-state index in [1.807, 2.05) is 59.2 Å². The highest BCUT2D eigenvalue weighted by molar-refractivity contribution is 7.99. The van der Waals surface area contributed by atoms with Crippen molar-refractivity contribution < 1.29 is 4.79 Å². The summed E-state index contributed by atoms with van der Waals surface area (Å²) in [6.07, 6.45) is 2.79. The van der Waals surface area contributed by atoms with Crippen LogP contribution in [0.5, 0.6) is 0 Å². The molecule has 0 aliphatic heterocycles. The van der Waals surface area contributed by atoms with Gasteiger partial charge in [0.1, 0.15) is 5.69 Å². The summed E-state index contributed by atoms with van der Waals surface area (Å²) in [6.45, 7) is 4.36. The third kappa shape index (κ3) is 5.61. The number of nitrogens with one attached hydrogen (secondary N) is 1. The molecule has 0 unspecified atom stereocenters. The monoisotopic (exact) mass is 477 g/mol. The summed E-state index contributed by atoms with van der Waals surface area (Å²) >= 11 is 7.39. The summed E-state index contributed by atoms with van der Waals surface area (Å²) in [5, 5.41) is 12.9. The molecule has 2 heterocycles. The molecule has 2 aromatic carbocycles. The van der Waals surface area contributed by atoms with Gasteiger partial charge in [-0.15, -0.1) is 10.2 Å². The van der Waals surface area contributed by atoms with Gasteiger partial charge in [0.25, 0.3) is 0 Å². The van der Waals surface area contributed by atoms with Crippen molar-refractivity contribution in [2.75, 3.05) is 11.1 Å². The molecule has 6 nitrogen and oxygen atoms in total. The molecule has 4 rings (SSSR count). The first-order valence-electron chi connectivity index (χ1n) is 10.7. The van der Waals surface area contributed by atoms with Gasteiger partial charge in [-0.3, -0.25) is 14.3 Å². The highest BCUT2D eigenvalue weighted by atomic mass is 35.5. The van der Waals surface area contributed by atoms with Crippen LogP contribution in [0.2, 0.25) is 5.02 Å². The number of rotatable bonds is 8. The molecular weight excluding hydrogens is 454 g/mol. The maximum Gasteiger partial charge on any atom is 0.234 e. The molecule has 0 saturated carbocycles. The Labute approximate surface area is 202 Å². The van der Waals surface area contributed by atoms with Gasteiger partial charge in [-0.2, -0.15) is 0 Å². The smallest absolute Gasteiger partial charge is 0.234 e. The number of nitrogens with zero attached hydrogens (tertiary/aromatic N) is 4. The van der Waals surface area contributed by atoms with E-state index in [4.69, 9.17) is 11.6 Å². The number of aromatic nitrogens is 4. The van der Waals surface area contributed by atoms with Crippen LogP contribution in [0, 0.1) is 0 Å². The minimum Gasteiger partial charge on any atom is -0.325 e. The van der Waals surface area contributed by atoms with E-state index in [1.165, 1.54) is 17.3 Å². The standard InChI is InChI=1S/C25H24ClN5OS/c1-3-17(2)18-7-11-20(12-8-18)28-23(32)16-33-25-30-29-24(22-6-4-5-15-27-22)31(25)21-13-9-19(26)10-14-21/h4-15,17H,3,16H2,1-2H3,(H,28,32)/t17-/m0/s1. The van der Waals surface area contributed by atoms with Crippen molar-refractivity contribution >= 4 is 35.0 Å². The Hall–Kier alpha value is -3.16. The third-order valence-electron chi connectivity index (χ3n) is 5.32. The lowest BCUT2D eigenvalue weighted by molar-refractivity contribution is -0.113. The molecule has 0 saturated heterocycles. The van der Waals surface area contributed by atoms with Crippen molar-refractivity contribution in [2.24, 2.45) is 0 Å². The van der Waals surface area contributed by atoms with E-state index in [-0.39, 0.29) is 11.7 Å². The number of carbonyl (C=O) groups excluding carboxylic acids is 1. The van der Waals surface area contributed by atoms with Crippen LogP contribution in [-0.4, -0.2) is 31.4 Å². The molecule has 0 fully saturated rings. The first-order valence-corrected chi connectivity index (χ1v) is 12.1. The minimum atomic E-state index is -0.110. The van der Waals surface area contributed by atoms with E-state index in [2.05, 4.69) is 46.5 Å². The molecule has 8 heteroatoms. The third-order valence-corrected chi connectivity index (χ3v) is 6.50. The number of hydrogen-bond acceptors (Lipinski definition) is 5. The van der Waals surface area contributed by atoms with E-state index in [1.54, 1.807) is 6.20 Å². The highest BCUT2D eigenvalue weighted by Crippen LogP contribution is 2.28. The van der Waals surface area contributed by atoms with E-state index in [0.717, 1.165) is 17.8 Å². The molecule has 0 radical (unpaired) electrons. The molecule has 1 atom stereocenters. The van der Waals surface area contributed by atoms with E-state index < -0.39 is 0 Å². The molecule has 4 aromatic rings. The normalized spacial score (nSPS) is 11.8. The van der Waals surface area contributed by atoms with Crippen LogP contribution in [0.1, 0.15) is 31.7 Å². The van der Waals surface area contributed by atoms with Crippen LogP contribution < -0.4 is 5.32 Å². The Kier molecular flexibility index (Phi) is 7.42. The first-order chi connectivity index (χ1) is 16.0. The second kappa shape index (κ2) is 10.6. The maximum absolute atomic E-state index is 12.6. The second-order valence-corrected chi connectivity index (χ2v) is 8.98. The van der Waals surface area contributed by atoms with Crippen LogP contribution in [0.15, 0.2) is 78.1 Å². The van der Waals surface area contributed by atoms with Gasteiger partial charge in [0, 0.05) is 22.6 Å². The number of halogens is 1. The minimum absolute atomic E-state index is 0.110. The van der Waals surface area contributed by atoms with Gasteiger partial charge in [-0.1, -0.05) is 55.4 Å². The number of anilines is 1. The topological polar surface area (TPSA) is 72.7 Å². The van der Waals surface area contributed by atoms with E-state index in [0.29, 0.717) is 27.6 Å².